The Bertz CT molecular complexity index is 923. The summed E-state index contributed by atoms with van der Waals surface area (Å²) in [5.74, 6) is 2.15. The first-order chi connectivity index (χ1) is 12.7. The number of aryl methyl sites for hydroxylation is 1. The number of anilines is 1. The molecule has 26 heavy (non-hydrogen) atoms. The number of ether oxygens (including phenoxy) is 2. The molecule has 0 amide bonds. The van der Waals surface area contributed by atoms with Crippen molar-refractivity contribution in [1.29, 1.82) is 0 Å². The molecule has 1 aliphatic heterocycles. The molecule has 4 rings (SSSR count). The first-order valence-electron chi connectivity index (χ1n) is 8.90. The van der Waals surface area contributed by atoms with Gasteiger partial charge in [0.25, 0.3) is 0 Å². The van der Waals surface area contributed by atoms with E-state index in [0.717, 1.165) is 54.5 Å². The van der Waals surface area contributed by atoms with Gasteiger partial charge in [-0.25, -0.2) is 0 Å². The maximum Gasteiger partial charge on any atom is 0.200 e. The number of hydrogen-bond donors (Lipinski definition) is 0. The van der Waals surface area contributed by atoms with Crippen LogP contribution in [-0.4, -0.2) is 47.1 Å². The number of benzene rings is 1. The van der Waals surface area contributed by atoms with E-state index in [1.807, 2.05) is 12.1 Å². The molecule has 1 fully saturated rings. The van der Waals surface area contributed by atoms with E-state index in [-0.39, 0.29) is 0 Å². The van der Waals surface area contributed by atoms with Crippen molar-refractivity contribution in [3.05, 3.63) is 41.9 Å². The lowest BCUT2D eigenvalue weighted by molar-refractivity contribution is 0.396. The predicted molar refractivity (Wildman–Crippen MR) is 99.3 cm³/mol. The van der Waals surface area contributed by atoms with E-state index < -0.39 is 0 Å². The summed E-state index contributed by atoms with van der Waals surface area (Å²) in [6.45, 7) is 3.97. The lowest BCUT2D eigenvalue weighted by Crippen LogP contribution is -2.21. The van der Waals surface area contributed by atoms with Crippen LogP contribution in [-0.2, 0) is 6.42 Å². The summed E-state index contributed by atoms with van der Waals surface area (Å²) in [4.78, 5) is 2.37. The minimum Gasteiger partial charge on any atom is -0.497 e. The molecule has 3 heterocycles. The summed E-state index contributed by atoms with van der Waals surface area (Å²) >= 11 is 0. The smallest absolute Gasteiger partial charge is 0.200 e. The van der Waals surface area contributed by atoms with Crippen LogP contribution in [0.15, 0.2) is 30.6 Å². The predicted octanol–water partition coefficient (Wildman–Crippen LogP) is 2.70. The van der Waals surface area contributed by atoms with E-state index in [1.165, 1.54) is 5.56 Å². The monoisotopic (exact) mass is 353 g/mol. The SMILES string of the molecule is CCc1cc(N2CCC(c3cc(OC)ccc3OC)C2)c2nncn2n1. The molecule has 0 spiro atoms. The van der Waals surface area contributed by atoms with Crippen molar-refractivity contribution in [3.8, 4) is 11.5 Å². The molecule has 1 atom stereocenters. The fourth-order valence-electron chi connectivity index (χ4n) is 3.66. The molecule has 1 aliphatic rings. The molecule has 0 aliphatic carbocycles. The Morgan fingerprint density at radius 3 is 2.85 bits per heavy atom. The maximum absolute atomic E-state index is 5.58. The summed E-state index contributed by atoms with van der Waals surface area (Å²) in [5.41, 5.74) is 4.13. The third kappa shape index (κ3) is 2.83. The molecule has 7 nitrogen and oxygen atoms in total. The Hall–Kier alpha value is -2.83. The topological polar surface area (TPSA) is 64.8 Å². The molecule has 0 bridgehead atoms. The third-order valence-electron chi connectivity index (χ3n) is 5.07. The molecule has 3 aromatic rings. The van der Waals surface area contributed by atoms with Gasteiger partial charge in [0, 0.05) is 24.6 Å². The molecule has 2 aromatic heterocycles. The average molecular weight is 353 g/mol. The first kappa shape index (κ1) is 16.6. The Kier molecular flexibility index (Phi) is 4.36. The van der Waals surface area contributed by atoms with Gasteiger partial charge in [-0.3, -0.25) is 0 Å². The lowest BCUT2D eigenvalue weighted by atomic mass is 9.97. The van der Waals surface area contributed by atoms with Crippen molar-refractivity contribution < 1.29 is 9.47 Å². The minimum atomic E-state index is 0.376. The molecule has 7 heteroatoms. The second-order valence-electron chi connectivity index (χ2n) is 6.51. The molecule has 1 saturated heterocycles. The molecule has 0 radical (unpaired) electrons. The van der Waals surface area contributed by atoms with Crippen molar-refractivity contribution in [1.82, 2.24) is 19.8 Å². The van der Waals surface area contributed by atoms with E-state index in [1.54, 1.807) is 25.1 Å². The Morgan fingerprint density at radius 2 is 2.08 bits per heavy atom. The highest BCUT2D eigenvalue weighted by Crippen LogP contribution is 2.38. The maximum atomic E-state index is 5.58. The fourth-order valence-corrected chi connectivity index (χ4v) is 3.66. The second kappa shape index (κ2) is 6.82. The summed E-state index contributed by atoms with van der Waals surface area (Å²) < 4.78 is 12.8. The van der Waals surface area contributed by atoms with Crippen LogP contribution in [0.1, 0.15) is 30.5 Å². The van der Waals surface area contributed by atoms with Gasteiger partial charge in [-0.15, -0.1) is 10.2 Å². The standard InChI is InChI=1S/C19H23N5O2/c1-4-14-9-17(19-21-20-12-24(19)22-14)23-8-7-13(11-23)16-10-15(25-2)5-6-18(16)26-3/h5-6,9-10,12-13H,4,7-8,11H2,1-3H3. The highest BCUT2D eigenvalue weighted by molar-refractivity contribution is 5.69. The van der Waals surface area contributed by atoms with Gasteiger partial charge in [0.05, 0.1) is 25.6 Å². The van der Waals surface area contributed by atoms with Crippen molar-refractivity contribution in [2.75, 3.05) is 32.2 Å². The second-order valence-corrected chi connectivity index (χ2v) is 6.51. The van der Waals surface area contributed by atoms with Crippen LogP contribution in [0.4, 0.5) is 5.69 Å². The van der Waals surface area contributed by atoms with Crippen molar-refractivity contribution in [3.63, 3.8) is 0 Å². The molecule has 1 unspecified atom stereocenters. The molecule has 0 saturated carbocycles. The van der Waals surface area contributed by atoms with Gasteiger partial charge < -0.3 is 14.4 Å². The van der Waals surface area contributed by atoms with Crippen LogP contribution < -0.4 is 14.4 Å². The quantitative estimate of drug-likeness (QED) is 0.703. The van der Waals surface area contributed by atoms with Crippen LogP contribution >= 0.6 is 0 Å². The number of nitrogens with zero attached hydrogens (tertiary/aromatic N) is 5. The van der Waals surface area contributed by atoms with E-state index in [9.17, 15) is 0 Å². The van der Waals surface area contributed by atoms with Crippen LogP contribution in [0.2, 0.25) is 0 Å². The molecular weight excluding hydrogens is 330 g/mol. The van der Waals surface area contributed by atoms with Crippen LogP contribution in [0, 0.1) is 0 Å². The van der Waals surface area contributed by atoms with Gasteiger partial charge in [-0.05, 0) is 37.1 Å². The van der Waals surface area contributed by atoms with Crippen molar-refractivity contribution >= 4 is 11.3 Å². The highest BCUT2D eigenvalue weighted by atomic mass is 16.5. The molecule has 0 N–H and O–H groups in total. The molecular formula is C19H23N5O2. The van der Waals surface area contributed by atoms with E-state index in [2.05, 4.69) is 39.3 Å². The molecule has 136 valence electrons. The van der Waals surface area contributed by atoms with E-state index in [4.69, 9.17) is 9.47 Å². The number of fused-ring (bicyclic) bond motifs is 1. The number of rotatable bonds is 5. The van der Waals surface area contributed by atoms with Gasteiger partial charge in [0.15, 0.2) is 0 Å². The number of methoxy groups -OCH3 is 2. The molecule has 1 aromatic carbocycles. The minimum absolute atomic E-state index is 0.376. The fraction of sp³-hybridized carbons (Fsp3) is 0.421. The Morgan fingerprint density at radius 1 is 1.19 bits per heavy atom. The van der Waals surface area contributed by atoms with Crippen LogP contribution in [0.3, 0.4) is 0 Å². The van der Waals surface area contributed by atoms with Crippen molar-refractivity contribution in [2.45, 2.75) is 25.7 Å². The lowest BCUT2D eigenvalue weighted by Gasteiger charge is -2.20. The zero-order chi connectivity index (χ0) is 18.1. The number of hydrogen-bond acceptors (Lipinski definition) is 6. The zero-order valence-electron chi connectivity index (χ0n) is 15.3. The first-order valence-corrected chi connectivity index (χ1v) is 8.90. The summed E-state index contributed by atoms with van der Waals surface area (Å²) in [5, 5.41) is 12.8. The third-order valence-corrected chi connectivity index (χ3v) is 5.07. The zero-order valence-corrected chi connectivity index (χ0v) is 15.3. The van der Waals surface area contributed by atoms with Crippen molar-refractivity contribution in [2.24, 2.45) is 0 Å². The number of aromatic nitrogens is 4. The van der Waals surface area contributed by atoms with Gasteiger partial charge in [-0.1, -0.05) is 6.92 Å². The van der Waals surface area contributed by atoms with Gasteiger partial charge in [0.1, 0.15) is 17.8 Å². The summed E-state index contributed by atoms with van der Waals surface area (Å²) in [6.07, 6.45) is 3.59. The van der Waals surface area contributed by atoms with E-state index >= 15 is 0 Å². The van der Waals surface area contributed by atoms with E-state index in [0.29, 0.717) is 5.92 Å². The Balaban J connectivity index is 1.67. The highest BCUT2D eigenvalue weighted by Gasteiger charge is 2.28. The van der Waals surface area contributed by atoms with Crippen LogP contribution in [0.5, 0.6) is 11.5 Å². The summed E-state index contributed by atoms with van der Waals surface area (Å²) in [7, 11) is 3.41. The van der Waals surface area contributed by atoms with Gasteiger partial charge >= 0.3 is 0 Å². The van der Waals surface area contributed by atoms with Gasteiger partial charge in [-0.2, -0.15) is 9.61 Å². The summed E-state index contributed by atoms with van der Waals surface area (Å²) in [6, 6.07) is 8.14. The van der Waals surface area contributed by atoms with Crippen LogP contribution in [0.25, 0.3) is 5.65 Å². The normalized spacial score (nSPS) is 17.0. The Labute approximate surface area is 152 Å². The average Bonchev–Trinajstić information content (AvgIpc) is 3.35. The largest absolute Gasteiger partial charge is 0.497 e. The van der Waals surface area contributed by atoms with Gasteiger partial charge in [0.2, 0.25) is 5.65 Å².